The lowest BCUT2D eigenvalue weighted by Crippen LogP contribution is -2.50. The average molecular weight is 1090 g/mol. The van der Waals surface area contributed by atoms with E-state index in [0.29, 0.717) is 80.5 Å². The van der Waals surface area contributed by atoms with Crippen LogP contribution in [-0.2, 0) is 35.3 Å². The summed E-state index contributed by atoms with van der Waals surface area (Å²) in [4.78, 5) is 62.2. The Kier molecular flexibility index (Phi) is 17.8. The van der Waals surface area contributed by atoms with Crippen LogP contribution in [0.15, 0.2) is 97.1 Å². The summed E-state index contributed by atoms with van der Waals surface area (Å²) in [5.41, 5.74) is 15.8. The number of unbranched alkanes of at least 4 members (excludes halogenated alkanes) is 1. The van der Waals surface area contributed by atoms with Gasteiger partial charge in [-0.25, -0.2) is 28.7 Å². The minimum Gasteiger partial charge on any atom is -0.497 e. The zero-order valence-electron chi connectivity index (χ0n) is 41.9. The second-order valence-electron chi connectivity index (χ2n) is 18.1. The zero-order chi connectivity index (χ0) is 53.0. The molecule has 0 unspecified atom stereocenters. The van der Waals surface area contributed by atoms with Gasteiger partial charge in [-0.3, -0.25) is 9.59 Å². The van der Waals surface area contributed by atoms with Gasteiger partial charge in [0.25, 0.3) is 11.8 Å². The molecule has 2 amide bonds. The first-order chi connectivity index (χ1) is 36.9. The van der Waals surface area contributed by atoms with Gasteiger partial charge in [0.05, 0.1) is 17.1 Å². The van der Waals surface area contributed by atoms with E-state index in [-0.39, 0.29) is 48.6 Å². The Morgan fingerprint density at radius 3 is 1.37 bits per heavy atom. The number of nitrogen functional groups attached to an aromatic ring is 2. The number of carbonyl (C=O) groups excluding carboxylic acids is 2. The normalized spacial score (nSPS) is 13.7. The van der Waals surface area contributed by atoms with Crippen molar-refractivity contribution in [3.05, 3.63) is 135 Å². The summed E-state index contributed by atoms with van der Waals surface area (Å²) < 4.78 is 42.6. The number of amides is 2. The van der Waals surface area contributed by atoms with Gasteiger partial charge in [0, 0.05) is 57.4 Å². The maximum atomic E-state index is 13.1. The minimum atomic E-state index is -0.226. The van der Waals surface area contributed by atoms with E-state index in [4.69, 9.17) is 47.2 Å². The number of rotatable bonds is 18. The lowest BCUT2D eigenvalue weighted by atomic mass is 10.1. The summed E-state index contributed by atoms with van der Waals surface area (Å²) >= 11 is 8.96. The summed E-state index contributed by atoms with van der Waals surface area (Å²) in [5.74, 6) is 3.23. The summed E-state index contributed by atoms with van der Waals surface area (Å²) in [6.45, 7) is 4.59. The molecule has 0 spiro atoms. The lowest BCUT2D eigenvalue weighted by Gasteiger charge is -2.35. The topological polar surface area (TPSA) is 204 Å². The van der Waals surface area contributed by atoms with E-state index in [2.05, 4.69) is 29.7 Å². The Morgan fingerprint density at radius 2 is 0.921 bits per heavy atom. The van der Waals surface area contributed by atoms with Gasteiger partial charge in [-0.15, -0.1) is 0 Å². The number of hydrogen-bond donors (Lipinski definition) is 2. The summed E-state index contributed by atoms with van der Waals surface area (Å²) in [6.07, 6.45) is 6.20. The molecule has 2 fully saturated rings. The molecule has 2 aliphatic heterocycles. The van der Waals surface area contributed by atoms with Gasteiger partial charge in [0.15, 0.2) is 34.5 Å². The average Bonchev–Trinajstić information content (AvgIpc) is 4.07. The molecule has 2 saturated heterocycles. The van der Waals surface area contributed by atoms with E-state index in [9.17, 15) is 18.4 Å². The fourth-order valence-corrected chi connectivity index (χ4v) is 10.8. The number of hydrogen-bond acceptors (Lipinski definition) is 17. The van der Waals surface area contributed by atoms with Gasteiger partial charge >= 0.3 is 0 Å². The monoisotopic (exact) mass is 1090 g/mol. The Bertz CT molecular complexity index is 3210. The fraction of sp³-hybridized carbons (Fsp3) is 0.333. The van der Waals surface area contributed by atoms with E-state index in [0.717, 1.165) is 92.5 Å². The van der Waals surface area contributed by atoms with Gasteiger partial charge in [-0.1, -0.05) is 58.5 Å². The molecule has 0 bridgehead atoms. The molecule has 10 rings (SSSR count). The standard InChI is InChI=1S/C27H28ClFN6O2S.C27H29FN6O3S/c28-19-7-11-21(12-8-19)37-17-23(36)34-13-15-35(16-14-34)25-24-26(33-27(30)32-25)38-22(31-24)4-2-1-3-18-5-9-20(29)10-6-18;1-36-20-9-11-21(12-10-20)37-17-23(35)33-13-15-34(16-14-33)25-24-26(32-27(29)31-25)38-22(30-24)4-2-3-18-5-7-19(28)8-6-18/h5-12H,1-4,13-17H2,(H2,30,32,33);5-12H,2-4,13-17H2,1H3,(H2,29,31,32). The molecule has 6 heterocycles. The number of halogens is 3. The number of methoxy groups -OCH3 is 1. The summed E-state index contributed by atoms with van der Waals surface area (Å²) in [5, 5.41) is 2.58. The number of piperazine rings is 2. The molecule has 8 aromatic rings. The van der Waals surface area contributed by atoms with Crippen molar-refractivity contribution in [1.29, 1.82) is 0 Å². The van der Waals surface area contributed by atoms with E-state index >= 15 is 0 Å². The zero-order valence-corrected chi connectivity index (χ0v) is 44.3. The Balaban J connectivity index is 0.000000186. The van der Waals surface area contributed by atoms with Gasteiger partial charge in [0.2, 0.25) is 11.9 Å². The Labute approximate surface area is 451 Å². The number of carbonyl (C=O) groups is 2. The first kappa shape index (κ1) is 53.3. The van der Waals surface area contributed by atoms with Crippen LogP contribution in [0, 0.1) is 11.6 Å². The molecule has 0 saturated carbocycles. The summed E-state index contributed by atoms with van der Waals surface area (Å²) in [6, 6.07) is 27.3. The predicted molar refractivity (Wildman–Crippen MR) is 294 cm³/mol. The highest BCUT2D eigenvalue weighted by molar-refractivity contribution is 7.18. The number of nitrogens with two attached hydrogens (primary N) is 2. The molecular weight excluding hydrogens is 1030 g/mol. The summed E-state index contributed by atoms with van der Waals surface area (Å²) in [7, 11) is 1.60. The number of anilines is 4. The Morgan fingerprint density at radius 1 is 0.526 bits per heavy atom. The maximum absolute atomic E-state index is 13.1. The van der Waals surface area contributed by atoms with Crippen LogP contribution in [0.1, 0.15) is 40.4 Å². The molecule has 396 valence electrons. The number of aromatic nitrogens is 6. The second-order valence-corrected chi connectivity index (χ2v) is 20.7. The predicted octanol–water partition coefficient (Wildman–Crippen LogP) is 8.47. The van der Waals surface area contributed by atoms with Crippen LogP contribution in [0.4, 0.5) is 32.3 Å². The minimum absolute atomic E-state index is 0.0234. The molecule has 17 nitrogen and oxygen atoms in total. The first-order valence-electron chi connectivity index (χ1n) is 25.0. The third-order valence-electron chi connectivity index (χ3n) is 12.9. The molecule has 4 aromatic heterocycles. The van der Waals surface area contributed by atoms with Crippen molar-refractivity contribution in [2.75, 3.05) is 93.9 Å². The molecule has 0 aliphatic carbocycles. The molecule has 0 atom stereocenters. The van der Waals surface area contributed by atoms with Crippen molar-refractivity contribution in [2.24, 2.45) is 0 Å². The van der Waals surface area contributed by atoms with Gasteiger partial charge in [-0.05, 0) is 129 Å². The molecule has 22 heteroatoms. The molecule has 76 heavy (non-hydrogen) atoms. The van der Waals surface area contributed by atoms with Crippen molar-refractivity contribution in [1.82, 2.24) is 39.7 Å². The highest BCUT2D eigenvalue weighted by atomic mass is 35.5. The van der Waals surface area contributed by atoms with Gasteiger partial charge < -0.3 is 45.3 Å². The third kappa shape index (κ3) is 14.3. The number of aryl methyl sites for hydroxylation is 4. The number of fused-ring (bicyclic) bond motifs is 2. The smallest absolute Gasteiger partial charge is 0.260 e. The van der Waals surface area contributed by atoms with Crippen molar-refractivity contribution in [2.45, 2.75) is 44.9 Å². The highest BCUT2D eigenvalue weighted by Crippen LogP contribution is 2.32. The highest BCUT2D eigenvalue weighted by Gasteiger charge is 2.27. The van der Waals surface area contributed by atoms with E-state index < -0.39 is 0 Å². The lowest BCUT2D eigenvalue weighted by molar-refractivity contribution is -0.134. The van der Waals surface area contributed by atoms with Crippen molar-refractivity contribution < 1.29 is 32.6 Å². The molecule has 4 aromatic carbocycles. The number of nitrogens with zero attached hydrogens (tertiary/aromatic N) is 10. The molecule has 0 radical (unpaired) electrons. The second kappa shape index (κ2) is 25.4. The SMILES string of the molecule is COc1ccc(OCC(=O)N2CCN(c3nc(N)nc4sc(CCCc5ccc(F)cc5)nc34)CC2)cc1.Nc1nc(N2CCN(C(=O)COc3ccc(Cl)cc3)CC2)c2nc(CCCCc3ccc(F)cc3)sc2n1. The first-order valence-corrected chi connectivity index (χ1v) is 27.0. The number of benzene rings is 4. The van der Waals surface area contributed by atoms with Crippen LogP contribution >= 0.6 is 34.3 Å². The largest absolute Gasteiger partial charge is 0.497 e. The van der Waals surface area contributed by atoms with Crippen LogP contribution in [-0.4, -0.2) is 124 Å². The van der Waals surface area contributed by atoms with Crippen LogP contribution < -0.4 is 35.5 Å². The quantitative estimate of drug-likeness (QED) is 0.0774. The van der Waals surface area contributed by atoms with Crippen LogP contribution in [0.5, 0.6) is 17.2 Å². The molecule has 2 aliphatic rings. The molecule has 4 N–H and O–H groups in total. The van der Waals surface area contributed by atoms with Crippen molar-refractivity contribution in [3.8, 4) is 17.2 Å². The van der Waals surface area contributed by atoms with Crippen LogP contribution in [0.2, 0.25) is 5.02 Å². The van der Waals surface area contributed by atoms with Crippen LogP contribution in [0.25, 0.3) is 20.7 Å². The van der Waals surface area contributed by atoms with Crippen molar-refractivity contribution >= 4 is 90.3 Å². The third-order valence-corrected chi connectivity index (χ3v) is 15.1. The maximum Gasteiger partial charge on any atom is 0.260 e. The fourth-order valence-electron chi connectivity index (χ4n) is 8.75. The van der Waals surface area contributed by atoms with Crippen molar-refractivity contribution in [3.63, 3.8) is 0 Å². The number of ether oxygens (including phenoxy) is 3. The van der Waals surface area contributed by atoms with Crippen LogP contribution in [0.3, 0.4) is 0 Å². The Hall–Kier alpha value is -7.49. The van der Waals surface area contributed by atoms with E-state index in [1.165, 1.54) is 35.6 Å². The van der Waals surface area contributed by atoms with Gasteiger partial charge in [-0.2, -0.15) is 9.97 Å². The van der Waals surface area contributed by atoms with E-state index in [1.807, 2.05) is 24.3 Å². The molecular formula is C54H57ClF2N12O5S2. The van der Waals surface area contributed by atoms with E-state index in [1.54, 1.807) is 76.8 Å². The van der Waals surface area contributed by atoms with Gasteiger partial charge in [0.1, 0.15) is 39.9 Å². The number of thiazole rings is 2.